The fourth-order valence-electron chi connectivity index (χ4n) is 2.02. The fraction of sp³-hybridized carbons (Fsp3) is 0.375. The zero-order chi connectivity index (χ0) is 13.8. The Hall–Kier alpha value is -1.48. The van der Waals surface area contributed by atoms with Crippen LogP contribution in [0.5, 0.6) is 0 Å². The number of benzene rings is 1. The lowest BCUT2D eigenvalue weighted by atomic mass is 10.1. The van der Waals surface area contributed by atoms with E-state index in [1.807, 2.05) is 6.07 Å². The highest BCUT2D eigenvalue weighted by Crippen LogP contribution is 2.26. The maximum absolute atomic E-state index is 11.6. The molecule has 3 heteroatoms. The van der Waals surface area contributed by atoms with Gasteiger partial charge in [-0.2, -0.15) is 0 Å². The van der Waals surface area contributed by atoms with Gasteiger partial charge in [0.05, 0.1) is 15.6 Å². The molecular weight excluding hydrogens is 254 g/mol. The van der Waals surface area contributed by atoms with Gasteiger partial charge in [-0.25, -0.2) is 4.98 Å². The Morgan fingerprint density at radius 2 is 1.89 bits per heavy atom. The number of ketones is 1. The summed E-state index contributed by atoms with van der Waals surface area (Å²) in [6, 6.07) is 10.4. The van der Waals surface area contributed by atoms with Crippen LogP contribution in [0.2, 0.25) is 0 Å². The largest absolute Gasteiger partial charge is 0.294 e. The van der Waals surface area contributed by atoms with E-state index in [2.05, 4.69) is 43.1 Å². The number of carbonyl (C=O) groups is 1. The van der Waals surface area contributed by atoms with Gasteiger partial charge in [0.1, 0.15) is 0 Å². The summed E-state index contributed by atoms with van der Waals surface area (Å²) in [4.78, 5) is 17.1. The molecule has 2 nitrogen and oxygen atoms in total. The van der Waals surface area contributed by atoms with E-state index < -0.39 is 0 Å². The molecule has 0 N–H and O–H groups in total. The Morgan fingerprint density at radius 3 is 2.42 bits per heavy atom. The van der Waals surface area contributed by atoms with E-state index in [1.54, 1.807) is 18.3 Å². The molecule has 1 heterocycles. The van der Waals surface area contributed by atoms with Gasteiger partial charge in [0.25, 0.3) is 0 Å². The predicted octanol–water partition coefficient (Wildman–Crippen LogP) is 4.25. The lowest BCUT2D eigenvalue weighted by Gasteiger charge is -2.01. The van der Waals surface area contributed by atoms with Crippen LogP contribution in [0.25, 0.3) is 0 Å². The zero-order valence-electron chi connectivity index (χ0n) is 11.6. The van der Waals surface area contributed by atoms with Crippen LogP contribution >= 0.6 is 11.3 Å². The Balaban J connectivity index is 2.13. The molecule has 0 aliphatic heterocycles. The Kier molecular flexibility index (Phi) is 4.48. The van der Waals surface area contributed by atoms with Crippen LogP contribution in [0.4, 0.5) is 0 Å². The minimum absolute atomic E-state index is 0.132. The average molecular weight is 273 g/mol. The van der Waals surface area contributed by atoms with E-state index in [4.69, 9.17) is 0 Å². The number of thiazole rings is 1. The van der Waals surface area contributed by atoms with Gasteiger partial charge in [-0.3, -0.25) is 4.79 Å². The molecule has 0 saturated heterocycles. The number of hydrogen-bond acceptors (Lipinski definition) is 3. The van der Waals surface area contributed by atoms with Crippen molar-refractivity contribution in [1.29, 1.82) is 0 Å². The maximum atomic E-state index is 11.6. The maximum Gasteiger partial charge on any atom is 0.171 e. The first-order valence-electron chi connectivity index (χ1n) is 6.62. The standard InChI is InChI=1S/C16H19NOS/c1-11(2)15-16(12(3)18)19-14(17-15)10-9-13-7-5-4-6-8-13/h4-8,11H,9-10H2,1-3H3. The number of rotatable bonds is 5. The number of nitrogens with zero attached hydrogens (tertiary/aromatic N) is 1. The lowest BCUT2D eigenvalue weighted by molar-refractivity contribution is 0.102. The summed E-state index contributed by atoms with van der Waals surface area (Å²) in [6.45, 7) is 5.80. The summed E-state index contributed by atoms with van der Waals surface area (Å²) in [6.07, 6.45) is 1.88. The van der Waals surface area contributed by atoms with Gasteiger partial charge in [0.2, 0.25) is 0 Å². The van der Waals surface area contributed by atoms with E-state index >= 15 is 0 Å². The highest BCUT2D eigenvalue weighted by atomic mass is 32.1. The molecule has 1 aromatic heterocycles. The summed E-state index contributed by atoms with van der Waals surface area (Å²) >= 11 is 1.55. The van der Waals surface area contributed by atoms with E-state index in [0.29, 0.717) is 5.92 Å². The summed E-state index contributed by atoms with van der Waals surface area (Å²) in [5, 5.41) is 1.07. The summed E-state index contributed by atoms with van der Waals surface area (Å²) in [7, 11) is 0. The smallest absolute Gasteiger partial charge is 0.171 e. The molecule has 1 aromatic carbocycles. The van der Waals surface area contributed by atoms with E-state index in [0.717, 1.165) is 28.4 Å². The first-order valence-corrected chi connectivity index (χ1v) is 7.44. The van der Waals surface area contributed by atoms with Crippen LogP contribution in [-0.4, -0.2) is 10.8 Å². The van der Waals surface area contributed by atoms with Crippen molar-refractivity contribution in [3.8, 4) is 0 Å². The van der Waals surface area contributed by atoms with Crippen LogP contribution < -0.4 is 0 Å². The molecule has 0 atom stereocenters. The number of hydrogen-bond donors (Lipinski definition) is 0. The van der Waals surface area contributed by atoms with Crippen molar-refractivity contribution in [2.75, 3.05) is 0 Å². The molecule has 2 aromatic rings. The van der Waals surface area contributed by atoms with E-state index in [1.165, 1.54) is 5.56 Å². The second kappa shape index (κ2) is 6.11. The molecule has 0 fully saturated rings. The second-order valence-electron chi connectivity index (χ2n) is 5.02. The monoisotopic (exact) mass is 273 g/mol. The lowest BCUT2D eigenvalue weighted by Crippen LogP contribution is -1.98. The summed E-state index contributed by atoms with van der Waals surface area (Å²) in [5.74, 6) is 0.438. The number of aryl methyl sites for hydroxylation is 2. The average Bonchev–Trinajstić information content (AvgIpc) is 2.82. The normalized spacial score (nSPS) is 10.9. The Morgan fingerprint density at radius 1 is 1.21 bits per heavy atom. The minimum atomic E-state index is 0.132. The third kappa shape index (κ3) is 3.51. The van der Waals surface area contributed by atoms with Gasteiger partial charge >= 0.3 is 0 Å². The topological polar surface area (TPSA) is 30.0 Å². The molecule has 0 spiro atoms. The van der Waals surface area contributed by atoms with Crippen molar-refractivity contribution in [2.45, 2.75) is 39.5 Å². The SMILES string of the molecule is CC(=O)c1sc(CCc2ccccc2)nc1C(C)C. The van der Waals surface area contributed by atoms with Gasteiger partial charge in [-0.05, 0) is 17.9 Å². The minimum Gasteiger partial charge on any atom is -0.294 e. The Bertz CT molecular complexity index is 557. The molecule has 100 valence electrons. The van der Waals surface area contributed by atoms with Crippen molar-refractivity contribution in [3.63, 3.8) is 0 Å². The molecular formula is C16H19NOS. The molecule has 0 amide bonds. The molecule has 0 aliphatic carbocycles. The predicted molar refractivity (Wildman–Crippen MR) is 80.1 cm³/mol. The molecule has 0 aliphatic rings. The molecule has 0 saturated carbocycles. The highest BCUT2D eigenvalue weighted by Gasteiger charge is 2.17. The van der Waals surface area contributed by atoms with Gasteiger partial charge in [-0.1, -0.05) is 44.2 Å². The summed E-state index contributed by atoms with van der Waals surface area (Å²) < 4.78 is 0. The third-order valence-electron chi connectivity index (χ3n) is 3.03. The Labute approximate surface area is 118 Å². The first-order chi connectivity index (χ1) is 9.08. The van der Waals surface area contributed by atoms with Crippen molar-refractivity contribution in [2.24, 2.45) is 0 Å². The van der Waals surface area contributed by atoms with Gasteiger partial charge < -0.3 is 0 Å². The van der Waals surface area contributed by atoms with Crippen LogP contribution in [0, 0.1) is 0 Å². The number of aromatic nitrogens is 1. The summed E-state index contributed by atoms with van der Waals surface area (Å²) in [5.41, 5.74) is 2.27. The quantitative estimate of drug-likeness (QED) is 0.762. The van der Waals surface area contributed by atoms with Crippen LogP contribution in [0.15, 0.2) is 30.3 Å². The molecule has 2 rings (SSSR count). The van der Waals surface area contributed by atoms with Gasteiger partial charge in [-0.15, -0.1) is 11.3 Å². The second-order valence-corrected chi connectivity index (χ2v) is 6.10. The molecule has 0 radical (unpaired) electrons. The van der Waals surface area contributed by atoms with Crippen LogP contribution in [0.3, 0.4) is 0 Å². The highest BCUT2D eigenvalue weighted by molar-refractivity contribution is 7.13. The van der Waals surface area contributed by atoms with Crippen molar-refractivity contribution in [3.05, 3.63) is 51.5 Å². The van der Waals surface area contributed by atoms with E-state index in [-0.39, 0.29) is 5.78 Å². The number of Topliss-reactive ketones (excluding diaryl/α,β-unsaturated/α-hetero) is 1. The van der Waals surface area contributed by atoms with E-state index in [9.17, 15) is 4.79 Å². The van der Waals surface area contributed by atoms with Crippen LogP contribution in [0.1, 0.15) is 52.6 Å². The first kappa shape index (κ1) is 13.9. The molecule has 19 heavy (non-hydrogen) atoms. The fourth-order valence-corrected chi connectivity index (χ4v) is 3.14. The van der Waals surface area contributed by atoms with Crippen molar-refractivity contribution in [1.82, 2.24) is 4.98 Å². The van der Waals surface area contributed by atoms with Crippen molar-refractivity contribution >= 4 is 17.1 Å². The van der Waals surface area contributed by atoms with Crippen molar-refractivity contribution < 1.29 is 4.79 Å². The van der Waals surface area contributed by atoms with Crippen LogP contribution in [-0.2, 0) is 12.8 Å². The number of carbonyl (C=O) groups excluding carboxylic acids is 1. The molecule has 0 unspecified atom stereocenters. The third-order valence-corrected chi connectivity index (χ3v) is 4.27. The zero-order valence-corrected chi connectivity index (χ0v) is 12.5. The van der Waals surface area contributed by atoms with Gasteiger partial charge in [0, 0.05) is 13.3 Å². The molecule has 0 bridgehead atoms. The van der Waals surface area contributed by atoms with Gasteiger partial charge in [0.15, 0.2) is 5.78 Å².